The van der Waals surface area contributed by atoms with E-state index in [2.05, 4.69) is 20.6 Å². The van der Waals surface area contributed by atoms with Gasteiger partial charge in [0.15, 0.2) is 0 Å². The van der Waals surface area contributed by atoms with Crippen LogP contribution in [-0.4, -0.2) is 29.1 Å². The Morgan fingerprint density at radius 3 is 2.14 bits per heavy atom. The van der Waals surface area contributed by atoms with Crippen molar-refractivity contribution in [2.75, 3.05) is 23.8 Å². The van der Waals surface area contributed by atoms with Gasteiger partial charge < -0.3 is 20.1 Å². The van der Waals surface area contributed by atoms with Gasteiger partial charge in [-0.15, -0.1) is 0 Å². The molecule has 29 heavy (non-hydrogen) atoms. The SMILES string of the molecule is CCOc1ccccc1NC(=O)c1cc(C)nc(Nc2ccccc2OCC)n1. The summed E-state index contributed by atoms with van der Waals surface area (Å²) in [7, 11) is 0. The van der Waals surface area contributed by atoms with Gasteiger partial charge in [-0.25, -0.2) is 9.97 Å². The molecule has 0 radical (unpaired) electrons. The Morgan fingerprint density at radius 1 is 0.897 bits per heavy atom. The molecule has 1 aromatic heterocycles. The molecule has 7 nitrogen and oxygen atoms in total. The third-order valence-electron chi connectivity index (χ3n) is 3.96. The van der Waals surface area contributed by atoms with Crippen molar-refractivity contribution in [3.63, 3.8) is 0 Å². The smallest absolute Gasteiger partial charge is 0.274 e. The lowest BCUT2D eigenvalue weighted by atomic mass is 10.2. The minimum atomic E-state index is -0.344. The third-order valence-corrected chi connectivity index (χ3v) is 3.96. The number of carbonyl (C=O) groups is 1. The van der Waals surface area contributed by atoms with E-state index in [1.54, 1.807) is 12.1 Å². The number of para-hydroxylation sites is 4. The van der Waals surface area contributed by atoms with Crippen LogP contribution in [0.3, 0.4) is 0 Å². The molecule has 0 aliphatic heterocycles. The number of hydrogen-bond donors (Lipinski definition) is 2. The van der Waals surface area contributed by atoms with Crippen LogP contribution in [0.5, 0.6) is 11.5 Å². The van der Waals surface area contributed by atoms with Crippen LogP contribution in [0, 0.1) is 6.92 Å². The fourth-order valence-corrected chi connectivity index (χ4v) is 2.75. The van der Waals surface area contributed by atoms with Crippen molar-refractivity contribution < 1.29 is 14.3 Å². The fourth-order valence-electron chi connectivity index (χ4n) is 2.75. The van der Waals surface area contributed by atoms with E-state index in [9.17, 15) is 4.79 Å². The van der Waals surface area contributed by atoms with Crippen molar-refractivity contribution in [3.05, 3.63) is 66.0 Å². The molecule has 150 valence electrons. The number of aryl methyl sites for hydroxylation is 1. The van der Waals surface area contributed by atoms with Gasteiger partial charge in [0.05, 0.1) is 24.6 Å². The lowest BCUT2D eigenvalue weighted by Gasteiger charge is -2.13. The molecule has 0 saturated carbocycles. The zero-order chi connectivity index (χ0) is 20.6. The van der Waals surface area contributed by atoms with Gasteiger partial charge in [-0.05, 0) is 51.1 Å². The van der Waals surface area contributed by atoms with E-state index in [0.29, 0.717) is 42.0 Å². The number of benzene rings is 2. The number of nitrogens with one attached hydrogen (secondary N) is 2. The Kier molecular flexibility index (Phi) is 6.63. The average Bonchev–Trinajstić information content (AvgIpc) is 2.71. The predicted octanol–water partition coefficient (Wildman–Crippen LogP) is 4.58. The summed E-state index contributed by atoms with van der Waals surface area (Å²) in [4.78, 5) is 21.5. The van der Waals surface area contributed by atoms with E-state index in [1.807, 2.05) is 63.2 Å². The second-order valence-corrected chi connectivity index (χ2v) is 6.16. The molecule has 0 bridgehead atoms. The number of nitrogens with zero attached hydrogens (tertiary/aromatic N) is 2. The lowest BCUT2D eigenvalue weighted by molar-refractivity contribution is 0.102. The number of aromatic nitrogens is 2. The normalized spacial score (nSPS) is 10.3. The highest BCUT2D eigenvalue weighted by molar-refractivity contribution is 6.04. The maximum Gasteiger partial charge on any atom is 0.274 e. The predicted molar refractivity (Wildman–Crippen MR) is 113 cm³/mol. The molecule has 1 amide bonds. The molecule has 2 N–H and O–H groups in total. The Labute approximate surface area is 170 Å². The van der Waals surface area contributed by atoms with E-state index >= 15 is 0 Å². The van der Waals surface area contributed by atoms with E-state index < -0.39 is 0 Å². The van der Waals surface area contributed by atoms with E-state index in [1.165, 1.54) is 0 Å². The van der Waals surface area contributed by atoms with Gasteiger partial charge in [0.25, 0.3) is 5.91 Å². The van der Waals surface area contributed by atoms with Crippen LogP contribution in [-0.2, 0) is 0 Å². The highest BCUT2D eigenvalue weighted by Gasteiger charge is 2.14. The molecule has 3 rings (SSSR count). The Morgan fingerprint density at radius 2 is 1.48 bits per heavy atom. The molecule has 0 saturated heterocycles. The summed E-state index contributed by atoms with van der Waals surface area (Å²) >= 11 is 0. The van der Waals surface area contributed by atoms with Gasteiger partial charge in [-0.1, -0.05) is 24.3 Å². The molecule has 0 aliphatic rings. The largest absolute Gasteiger partial charge is 0.492 e. The number of rotatable bonds is 8. The molecule has 1 heterocycles. The first-order valence-electron chi connectivity index (χ1n) is 9.48. The molecule has 0 aliphatic carbocycles. The topological polar surface area (TPSA) is 85.4 Å². The van der Waals surface area contributed by atoms with Crippen LogP contribution >= 0.6 is 0 Å². The fraction of sp³-hybridized carbons (Fsp3) is 0.227. The number of ether oxygens (including phenoxy) is 2. The quantitative estimate of drug-likeness (QED) is 0.584. The van der Waals surface area contributed by atoms with Gasteiger partial charge in [-0.3, -0.25) is 4.79 Å². The molecule has 3 aromatic rings. The highest BCUT2D eigenvalue weighted by atomic mass is 16.5. The first-order chi connectivity index (χ1) is 14.1. The van der Waals surface area contributed by atoms with Gasteiger partial charge in [-0.2, -0.15) is 0 Å². The van der Waals surface area contributed by atoms with Crippen molar-refractivity contribution in [1.29, 1.82) is 0 Å². The Balaban J connectivity index is 1.83. The molecule has 0 fully saturated rings. The standard InChI is InChI=1S/C22H24N4O3/c1-4-28-19-12-8-6-10-16(19)24-21(27)18-14-15(3)23-22(26-18)25-17-11-7-9-13-20(17)29-5-2/h6-14H,4-5H2,1-3H3,(H,24,27)(H,23,25,26). The van der Waals surface area contributed by atoms with Gasteiger partial charge in [0, 0.05) is 5.69 Å². The second kappa shape index (κ2) is 9.54. The Bertz CT molecular complexity index is 991. The van der Waals surface area contributed by atoms with Crippen LogP contribution in [0.4, 0.5) is 17.3 Å². The minimum absolute atomic E-state index is 0.250. The minimum Gasteiger partial charge on any atom is -0.492 e. The monoisotopic (exact) mass is 392 g/mol. The average molecular weight is 392 g/mol. The second-order valence-electron chi connectivity index (χ2n) is 6.16. The van der Waals surface area contributed by atoms with Gasteiger partial charge >= 0.3 is 0 Å². The molecular weight excluding hydrogens is 368 g/mol. The zero-order valence-corrected chi connectivity index (χ0v) is 16.7. The van der Waals surface area contributed by atoms with E-state index in [-0.39, 0.29) is 11.6 Å². The molecule has 0 atom stereocenters. The summed E-state index contributed by atoms with van der Waals surface area (Å²) < 4.78 is 11.2. The number of carbonyl (C=O) groups excluding carboxylic acids is 1. The number of anilines is 3. The van der Waals surface area contributed by atoms with Crippen LogP contribution in [0.1, 0.15) is 30.0 Å². The summed E-state index contributed by atoms with van der Waals surface area (Å²) in [5, 5.41) is 5.99. The molecular formula is C22H24N4O3. The van der Waals surface area contributed by atoms with Crippen LogP contribution in [0.15, 0.2) is 54.6 Å². The summed E-state index contributed by atoms with van der Waals surface area (Å²) in [6.45, 7) is 6.67. The summed E-state index contributed by atoms with van der Waals surface area (Å²) in [5.41, 5.74) is 2.24. The summed E-state index contributed by atoms with van der Waals surface area (Å²) in [5.74, 6) is 1.28. The van der Waals surface area contributed by atoms with E-state index in [0.717, 1.165) is 5.69 Å². The molecule has 2 aromatic carbocycles. The van der Waals surface area contributed by atoms with Crippen molar-refractivity contribution >= 4 is 23.2 Å². The van der Waals surface area contributed by atoms with Crippen molar-refractivity contribution in [2.45, 2.75) is 20.8 Å². The van der Waals surface area contributed by atoms with Crippen LogP contribution in [0.25, 0.3) is 0 Å². The Hall–Kier alpha value is -3.61. The van der Waals surface area contributed by atoms with Gasteiger partial charge in [0.2, 0.25) is 5.95 Å². The van der Waals surface area contributed by atoms with Crippen LogP contribution in [0.2, 0.25) is 0 Å². The molecule has 0 spiro atoms. The first-order valence-corrected chi connectivity index (χ1v) is 9.48. The first kappa shape index (κ1) is 20.1. The molecule has 7 heteroatoms. The van der Waals surface area contributed by atoms with Crippen molar-refractivity contribution in [1.82, 2.24) is 9.97 Å². The lowest BCUT2D eigenvalue weighted by Crippen LogP contribution is -2.16. The van der Waals surface area contributed by atoms with Crippen molar-refractivity contribution in [2.24, 2.45) is 0 Å². The van der Waals surface area contributed by atoms with E-state index in [4.69, 9.17) is 9.47 Å². The maximum atomic E-state index is 12.8. The number of amides is 1. The van der Waals surface area contributed by atoms with Gasteiger partial charge in [0.1, 0.15) is 17.2 Å². The van der Waals surface area contributed by atoms with Crippen LogP contribution < -0.4 is 20.1 Å². The third kappa shape index (κ3) is 5.22. The number of hydrogen-bond acceptors (Lipinski definition) is 6. The summed E-state index contributed by atoms with van der Waals surface area (Å²) in [6, 6.07) is 16.4. The van der Waals surface area contributed by atoms with Crippen molar-refractivity contribution in [3.8, 4) is 11.5 Å². The molecule has 0 unspecified atom stereocenters. The zero-order valence-electron chi connectivity index (χ0n) is 16.7. The highest BCUT2D eigenvalue weighted by Crippen LogP contribution is 2.27. The summed E-state index contributed by atoms with van der Waals surface area (Å²) in [6.07, 6.45) is 0. The maximum absolute atomic E-state index is 12.8.